The van der Waals surface area contributed by atoms with Crippen molar-refractivity contribution in [2.24, 2.45) is 0 Å². The van der Waals surface area contributed by atoms with E-state index in [0.29, 0.717) is 32.6 Å². The number of carbonyl (C=O) groups excluding carboxylic acids is 3. The van der Waals surface area contributed by atoms with Crippen LogP contribution in [0.15, 0.2) is 48.5 Å². The van der Waals surface area contributed by atoms with Crippen LogP contribution in [0.3, 0.4) is 0 Å². The first-order chi connectivity index (χ1) is 17.8. The molecule has 0 saturated carbocycles. The minimum Gasteiger partial charge on any atom is -0.341 e. The van der Waals surface area contributed by atoms with Crippen molar-refractivity contribution in [1.82, 2.24) is 14.7 Å². The van der Waals surface area contributed by atoms with Gasteiger partial charge in [-0.15, -0.1) is 0 Å². The first kappa shape index (κ1) is 25.0. The number of non-ortho nitro benzene ring substituents is 1. The lowest BCUT2D eigenvalue weighted by atomic mass is 9.85. The van der Waals surface area contributed by atoms with E-state index in [0.717, 1.165) is 31.6 Å². The molecule has 3 aliphatic rings. The van der Waals surface area contributed by atoms with Crippen molar-refractivity contribution in [3.8, 4) is 0 Å². The van der Waals surface area contributed by atoms with Gasteiger partial charge in [-0.1, -0.05) is 29.8 Å². The van der Waals surface area contributed by atoms with E-state index in [-0.39, 0.29) is 40.5 Å². The normalized spacial score (nSPS) is 19.1. The number of piperidine rings is 1. The minimum absolute atomic E-state index is 0.0222. The van der Waals surface area contributed by atoms with Crippen molar-refractivity contribution in [1.29, 1.82) is 0 Å². The third-order valence-electron chi connectivity index (χ3n) is 7.64. The van der Waals surface area contributed by atoms with Crippen LogP contribution < -0.4 is 4.90 Å². The van der Waals surface area contributed by atoms with Gasteiger partial charge in [0, 0.05) is 44.0 Å². The molecule has 0 unspecified atom stereocenters. The van der Waals surface area contributed by atoms with Gasteiger partial charge in [-0.25, -0.2) is 0 Å². The van der Waals surface area contributed by atoms with Crippen LogP contribution in [0.25, 0.3) is 0 Å². The number of likely N-dealkylation sites (tertiary alicyclic amines) is 2. The van der Waals surface area contributed by atoms with Crippen LogP contribution in [0, 0.1) is 10.1 Å². The van der Waals surface area contributed by atoms with Crippen molar-refractivity contribution in [2.45, 2.75) is 31.2 Å². The minimum atomic E-state index is -0.858. The number of hydrogen-bond acceptors (Lipinski definition) is 6. The quantitative estimate of drug-likeness (QED) is 0.438. The number of anilines is 1. The third-order valence-corrected chi connectivity index (χ3v) is 7.95. The highest BCUT2D eigenvalue weighted by atomic mass is 35.5. The van der Waals surface area contributed by atoms with Gasteiger partial charge in [-0.2, -0.15) is 0 Å². The van der Waals surface area contributed by atoms with E-state index in [1.54, 1.807) is 9.80 Å². The van der Waals surface area contributed by atoms with Gasteiger partial charge in [-0.3, -0.25) is 24.5 Å². The Balaban J connectivity index is 1.35. The van der Waals surface area contributed by atoms with Crippen molar-refractivity contribution in [3.63, 3.8) is 0 Å². The number of carbonyl (C=O) groups is 3. The zero-order valence-corrected chi connectivity index (χ0v) is 21.1. The maximum absolute atomic E-state index is 13.8. The Bertz CT molecular complexity index is 1230. The van der Waals surface area contributed by atoms with E-state index in [1.807, 2.05) is 35.2 Å². The second-order valence-corrected chi connectivity index (χ2v) is 10.1. The molecule has 0 atom stereocenters. The number of nitro groups is 1. The molecule has 3 saturated heterocycles. The van der Waals surface area contributed by atoms with E-state index in [1.165, 1.54) is 18.2 Å². The number of halogens is 1. The van der Waals surface area contributed by atoms with Crippen molar-refractivity contribution < 1.29 is 19.3 Å². The molecule has 0 aliphatic carbocycles. The molecular weight excluding hydrogens is 498 g/mol. The number of amides is 3. The first-order valence-electron chi connectivity index (χ1n) is 12.4. The van der Waals surface area contributed by atoms with Crippen LogP contribution >= 0.6 is 11.6 Å². The van der Waals surface area contributed by atoms with E-state index < -0.39 is 10.5 Å². The second kappa shape index (κ2) is 10.0. The molecule has 0 radical (unpaired) electrons. The van der Waals surface area contributed by atoms with Gasteiger partial charge < -0.3 is 19.6 Å². The van der Waals surface area contributed by atoms with Crippen molar-refractivity contribution >= 4 is 40.7 Å². The first-order valence-corrected chi connectivity index (χ1v) is 12.8. The highest BCUT2D eigenvalue weighted by Gasteiger charge is 2.54. The summed E-state index contributed by atoms with van der Waals surface area (Å²) in [5.41, 5.74) is 0.0459. The number of benzene rings is 2. The Morgan fingerprint density at radius 1 is 0.973 bits per heavy atom. The van der Waals surface area contributed by atoms with Gasteiger partial charge in [0.15, 0.2) is 0 Å². The van der Waals surface area contributed by atoms with Crippen LogP contribution in [0.1, 0.15) is 36.0 Å². The van der Waals surface area contributed by atoms with E-state index in [4.69, 9.17) is 11.6 Å². The topological polar surface area (TPSA) is 107 Å². The van der Waals surface area contributed by atoms with E-state index in [9.17, 15) is 24.5 Å². The largest absolute Gasteiger partial charge is 0.341 e. The summed E-state index contributed by atoms with van der Waals surface area (Å²) in [6.07, 6.45) is 2.77. The molecule has 3 aliphatic heterocycles. The lowest BCUT2D eigenvalue weighted by molar-refractivity contribution is -0.384. The van der Waals surface area contributed by atoms with Gasteiger partial charge in [0.25, 0.3) is 17.5 Å². The van der Waals surface area contributed by atoms with Crippen LogP contribution in [0.2, 0.25) is 5.02 Å². The van der Waals surface area contributed by atoms with Crippen LogP contribution in [0.4, 0.5) is 11.4 Å². The average Bonchev–Trinajstić information content (AvgIpc) is 3.53. The monoisotopic (exact) mass is 525 g/mol. The maximum atomic E-state index is 13.8. The lowest BCUT2D eigenvalue weighted by Crippen LogP contribution is -2.57. The SMILES string of the molecule is O=C(CN1CN(c2ccccc2)C2(CCN(C(=O)c3ccc([N+](=O)[O-])cc3Cl)CC2)C1=O)N1CCCC1. The summed E-state index contributed by atoms with van der Waals surface area (Å²) >= 11 is 6.20. The second-order valence-electron chi connectivity index (χ2n) is 9.74. The van der Waals surface area contributed by atoms with E-state index >= 15 is 0 Å². The Kier molecular flexibility index (Phi) is 6.76. The molecule has 0 bridgehead atoms. The average molecular weight is 526 g/mol. The number of hydrogen-bond donors (Lipinski definition) is 0. The zero-order valence-electron chi connectivity index (χ0n) is 20.3. The highest BCUT2D eigenvalue weighted by molar-refractivity contribution is 6.34. The molecule has 5 rings (SSSR count). The molecule has 1 spiro atoms. The van der Waals surface area contributed by atoms with Crippen LogP contribution in [0.5, 0.6) is 0 Å². The standard InChI is InChI=1S/C26H28ClN5O5/c27-22-16-20(32(36)37)8-9-21(22)24(34)29-14-10-26(11-15-29)25(35)30(17-23(33)28-12-4-5-13-28)18-31(26)19-6-2-1-3-7-19/h1-3,6-9,16H,4-5,10-15,17-18H2. The molecule has 3 amide bonds. The Morgan fingerprint density at radius 3 is 2.27 bits per heavy atom. The van der Waals surface area contributed by atoms with Gasteiger partial charge in [0.1, 0.15) is 12.1 Å². The molecule has 0 N–H and O–H groups in total. The molecule has 11 heteroatoms. The summed E-state index contributed by atoms with van der Waals surface area (Å²) in [7, 11) is 0. The smallest absolute Gasteiger partial charge is 0.270 e. The Morgan fingerprint density at radius 2 is 1.65 bits per heavy atom. The molecule has 194 valence electrons. The lowest BCUT2D eigenvalue weighted by Gasteiger charge is -2.43. The van der Waals surface area contributed by atoms with Crippen molar-refractivity contribution in [3.05, 3.63) is 69.2 Å². The molecule has 3 heterocycles. The van der Waals surface area contributed by atoms with Gasteiger partial charge in [0.2, 0.25) is 5.91 Å². The molecular formula is C26H28ClN5O5. The Hall–Kier alpha value is -3.66. The van der Waals surface area contributed by atoms with Crippen molar-refractivity contribution in [2.75, 3.05) is 44.3 Å². The summed E-state index contributed by atoms with van der Waals surface area (Å²) in [5.74, 6) is -0.451. The third kappa shape index (κ3) is 4.61. The summed E-state index contributed by atoms with van der Waals surface area (Å²) in [6.45, 7) is 2.45. The van der Waals surface area contributed by atoms with Gasteiger partial charge >= 0.3 is 0 Å². The maximum Gasteiger partial charge on any atom is 0.270 e. The fraction of sp³-hybridized carbons (Fsp3) is 0.423. The fourth-order valence-electron chi connectivity index (χ4n) is 5.59. The van der Waals surface area contributed by atoms with Gasteiger partial charge in [0.05, 0.1) is 22.2 Å². The summed E-state index contributed by atoms with van der Waals surface area (Å²) < 4.78 is 0. The Labute approximate surface area is 219 Å². The van der Waals surface area contributed by atoms with E-state index in [2.05, 4.69) is 4.90 Å². The number of rotatable bonds is 5. The van der Waals surface area contributed by atoms with Gasteiger partial charge in [-0.05, 0) is 43.9 Å². The molecule has 37 heavy (non-hydrogen) atoms. The molecule has 2 aromatic carbocycles. The summed E-state index contributed by atoms with van der Waals surface area (Å²) in [6, 6.07) is 13.5. The molecule has 10 nitrogen and oxygen atoms in total. The van der Waals surface area contributed by atoms with Crippen LogP contribution in [-0.4, -0.2) is 82.3 Å². The fourth-order valence-corrected chi connectivity index (χ4v) is 5.85. The number of nitrogens with zero attached hydrogens (tertiary/aromatic N) is 5. The highest BCUT2D eigenvalue weighted by Crippen LogP contribution is 2.40. The molecule has 0 aromatic heterocycles. The summed E-state index contributed by atoms with van der Waals surface area (Å²) in [4.78, 5) is 57.5. The zero-order chi connectivity index (χ0) is 26.2. The van der Waals surface area contributed by atoms with Crippen LogP contribution in [-0.2, 0) is 9.59 Å². The molecule has 2 aromatic rings. The molecule has 3 fully saturated rings. The predicted molar refractivity (Wildman–Crippen MR) is 137 cm³/mol. The summed E-state index contributed by atoms with van der Waals surface area (Å²) in [5, 5.41) is 11.0. The number of nitro benzene ring substituents is 1. The number of para-hydroxylation sites is 1. The predicted octanol–water partition coefficient (Wildman–Crippen LogP) is 3.15.